The summed E-state index contributed by atoms with van der Waals surface area (Å²) in [5, 5.41) is 1.53. The molecule has 2 heterocycles. The van der Waals surface area contributed by atoms with E-state index in [9.17, 15) is 12.8 Å². The number of nitrogens with zero attached hydrogens (tertiary/aromatic N) is 3. The Morgan fingerprint density at radius 3 is 2.57 bits per heavy atom. The normalized spacial score (nSPS) is 14.9. The van der Waals surface area contributed by atoms with Crippen molar-refractivity contribution in [3.63, 3.8) is 0 Å². The Morgan fingerprint density at radius 2 is 1.83 bits per heavy atom. The first-order chi connectivity index (χ1) is 15.9. The minimum Gasteiger partial charge on any atom is -0.493 e. The summed E-state index contributed by atoms with van der Waals surface area (Å²) >= 11 is 0. The molecular weight excluding hydrogens is 512 g/mol. The summed E-state index contributed by atoms with van der Waals surface area (Å²) in [5.74, 6) is 0.266. The molecule has 1 aliphatic rings. The molecule has 35 heavy (non-hydrogen) atoms. The highest BCUT2D eigenvalue weighted by Gasteiger charge is 2.31. The van der Waals surface area contributed by atoms with Crippen LogP contribution in [-0.2, 0) is 10.0 Å². The smallest absolute Gasteiger partial charge is 0.243 e. The van der Waals surface area contributed by atoms with E-state index in [1.165, 1.54) is 12.1 Å². The number of fused-ring (bicyclic) bond motifs is 1. The van der Waals surface area contributed by atoms with Gasteiger partial charge in [-0.05, 0) is 69.6 Å². The summed E-state index contributed by atoms with van der Waals surface area (Å²) in [6.07, 6.45) is 6.81. The Morgan fingerprint density at radius 1 is 1.09 bits per heavy atom. The Hall–Kier alpha value is -1.97. The molecule has 1 aromatic heterocycles. The van der Waals surface area contributed by atoms with Crippen LogP contribution in [0.2, 0.25) is 0 Å². The number of rotatable bonds is 9. The predicted octanol–water partition coefficient (Wildman–Crippen LogP) is 5.16. The largest absolute Gasteiger partial charge is 0.493 e. The molecule has 0 N–H and O–H groups in total. The van der Waals surface area contributed by atoms with Gasteiger partial charge in [0.15, 0.2) is 0 Å². The van der Waals surface area contributed by atoms with Gasteiger partial charge in [-0.2, -0.15) is 4.31 Å². The molecule has 0 aliphatic carbocycles. The molecular formula is C25H32Cl2FN3O3S. The Bertz CT molecular complexity index is 1190. The standard InChI is InChI=1S/C25H30FN3O3S.2ClH/c1-28(33(30,31)25-9-4-6-20-19-27-13-10-24(20)25)22-11-15-29(16-12-22)14-2-3-17-32-23-8-5-7-21(26)18-23;;/h4-10,13,18-19,22H,2-3,11-12,14-17H2,1H3;2*1H. The number of aromatic nitrogens is 1. The summed E-state index contributed by atoms with van der Waals surface area (Å²) in [7, 11) is -1.90. The van der Waals surface area contributed by atoms with Crippen LogP contribution in [0, 0.1) is 5.82 Å². The number of unbranched alkanes of at least 4 members (excludes halogenated alkanes) is 1. The SMILES string of the molecule is CN(C1CCN(CCCCOc2cccc(F)c2)CC1)S(=O)(=O)c1cccc2cnccc12.Cl.Cl. The van der Waals surface area contributed by atoms with Gasteiger partial charge in [-0.15, -0.1) is 24.8 Å². The second-order valence-corrected chi connectivity index (χ2v) is 10.4. The van der Waals surface area contributed by atoms with Crippen molar-refractivity contribution in [2.24, 2.45) is 0 Å². The van der Waals surface area contributed by atoms with E-state index in [0.29, 0.717) is 22.6 Å². The van der Waals surface area contributed by atoms with Crippen molar-refractivity contribution in [1.29, 1.82) is 0 Å². The number of hydrogen-bond acceptors (Lipinski definition) is 5. The number of likely N-dealkylation sites (tertiary alicyclic amines) is 1. The molecule has 0 saturated carbocycles. The van der Waals surface area contributed by atoms with Gasteiger partial charge in [-0.25, -0.2) is 12.8 Å². The maximum Gasteiger partial charge on any atom is 0.243 e. The van der Waals surface area contributed by atoms with Crippen molar-refractivity contribution >= 4 is 45.6 Å². The summed E-state index contributed by atoms with van der Waals surface area (Å²) in [5.41, 5.74) is 0. The van der Waals surface area contributed by atoms with E-state index in [2.05, 4.69) is 9.88 Å². The third kappa shape index (κ3) is 7.27. The van der Waals surface area contributed by atoms with Crippen LogP contribution in [0.4, 0.5) is 4.39 Å². The van der Waals surface area contributed by atoms with Crippen molar-refractivity contribution in [1.82, 2.24) is 14.2 Å². The lowest BCUT2D eigenvalue weighted by Crippen LogP contribution is -2.45. The molecule has 0 bridgehead atoms. The van der Waals surface area contributed by atoms with E-state index >= 15 is 0 Å². The summed E-state index contributed by atoms with van der Waals surface area (Å²) in [4.78, 5) is 6.81. The van der Waals surface area contributed by atoms with Gasteiger partial charge in [0.1, 0.15) is 11.6 Å². The molecule has 3 aromatic rings. The van der Waals surface area contributed by atoms with Gasteiger partial charge in [0.25, 0.3) is 0 Å². The number of pyridine rings is 1. The molecule has 1 fully saturated rings. The average Bonchev–Trinajstić information content (AvgIpc) is 2.83. The molecule has 0 spiro atoms. The van der Waals surface area contributed by atoms with Crippen molar-refractivity contribution in [2.75, 3.05) is 33.3 Å². The van der Waals surface area contributed by atoms with E-state index in [1.807, 2.05) is 6.07 Å². The zero-order valence-corrected chi connectivity index (χ0v) is 22.1. The van der Waals surface area contributed by atoms with Crippen LogP contribution in [0.15, 0.2) is 65.8 Å². The molecule has 6 nitrogen and oxygen atoms in total. The predicted molar refractivity (Wildman–Crippen MR) is 142 cm³/mol. The Labute approximate surface area is 219 Å². The lowest BCUT2D eigenvalue weighted by atomic mass is 10.1. The maximum atomic E-state index is 13.4. The van der Waals surface area contributed by atoms with Crippen LogP contribution in [0.1, 0.15) is 25.7 Å². The minimum atomic E-state index is -3.59. The molecule has 0 unspecified atom stereocenters. The number of halogens is 3. The lowest BCUT2D eigenvalue weighted by Gasteiger charge is -2.36. The van der Waals surface area contributed by atoms with E-state index in [-0.39, 0.29) is 36.7 Å². The monoisotopic (exact) mass is 543 g/mol. The first kappa shape index (κ1) is 29.3. The highest BCUT2D eigenvalue weighted by atomic mass is 35.5. The third-order valence-electron chi connectivity index (χ3n) is 6.30. The average molecular weight is 545 g/mol. The van der Waals surface area contributed by atoms with Gasteiger partial charge in [-0.3, -0.25) is 4.98 Å². The number of sulfonamides is 1. The highest BCUT2D eigenvalue weighted by Crippen LogP contribution is 2.28. The van der Waals surface area contributed by atoms with Crippen LogP contribution in [0.5, 0.6) is 5.75 Å². The third-order valence-corrected chi connectivity index (χ3v) is 8.27. The molecule has 0 radical (unpaired) electrons. The quantitative estimate of drug-likeness (QED) is 0.349. The van der Waals surface area contributed by atoms with Crippen LogP contribution in [0.3, 0.4) is 0 Å². The van der Waals surface area contributed by atoms with Gasteiger partial charge < -0.3 is 9.64 Å². The van der Waals surface area contributed by atoms with E-state index < -0.39 is 10.0 Å². The van der Waals surface area contributed by atoms with E-state index in [1.54, 1.807) is 54.1 Å². The molecule has 4 rings (SSSR count). The zero-order valence-electron chi connectivity index (χ0n) is 19.7. The van der Waals surface area contributed by atoms with Crippen LogP contribution < -0.4 is 4.74 Å². The van der Waals surface area contributed by atoms with Gasteiger partial charge in [0, 0.05) is 42.3 Å². The second-order valence-electron chi connectivity index (χ2n) is 8.46. The maximum absolute atomic E-state index is 13.4. The van der Waals surface area contributed by atoms with Crippen LogP contribution in [-0.4, -0.2) is 61.9 Å². The van der Waals surface area contributed by atoms with Crippen molar-refractivity contribution in [2.45, 2.75) is 36.6 Å². The lowest BCUT2D eigenvalue weighted by molar-refractivity contribution is 0.165. The first-order valence-corrected chi connectivity index (χ1v) is 12.8. The fourth-order valence-electron chi connectivity index (χ4n) is 4.36. The topological polar surface area (TPSA) is 62.7 Å². The van der Waals surface area contributed by atoms with Crippen LogP contribution in [0.25, 0.3) is 10.8 Å². The summed E-state index contributed by atoms with van der Waals surface area (Å²) in [6, 6.07) is 13.3. The number of piperidine rings is 1. The molecule has 0 amide bonds. The highest BCUT2D eigenvalue weighted by molar-refractivity contribution is 7.89. The number of ether oxygens (including phenoxy) is 1. The summed E-state index contributed by atoms with van der Waals surface area (Å²) in [6.45, 7) is 3.25. The Kier molecular flexibility index (Phi) is 11.2. The molecule has 2 aromatic carbocycles. The van der Waals surface area contributed by atoms with Crippen molar-refractivity contribution in [3.8, 4) is 5.75 Å². The van der Waals surface area contributed by atoms with E-state index in [0.717, 1.165) is 50.7 Å². The first-order valence-electron chi connectivity index (χ1n) is 11.4. The molecule has 1 aliphatic heterocycles. The zero-order chi connectivity index (χ0) is 23.3. The fourth-order valence-corrected chi connectivity index (χ4v) is 5.99. The minimum absolute atomic E-state index is 0. The van der Waals surface area contributed by atoms with Gasteiger partial charge in [0.05, 0.1) is 11.5 Å². The van der Waals surface area contributed by atoms with Crippen molar-refractivity contribution < 1.29 is 17.5 Å². The molecule has 0 atom stereocenters. The van der Waals surface area contributed by atoms with Crippen molar-refractivity contribution in [3.05, 3.63) is 66.7 Å². The second kappa shape index (κ2) is 13.4. The van der Waals surface area contributed by atoms with E-state index in [4.69, 9.17) is 4.74 Å². The molecule has 192 valence electrons. The number of hydrogen-bond donors (Lipinski definition) is 0. The molecule has 10 heteroatoms. The van der Waals surface area contributed by atoms with Gasteiger partial charge >= 0.3 is 0 Å². The fraction of sp³-hybridized carbons (Fsp3) is 0.400. The van der Waals surface area contributed by atoms with Gasteiger partial charge in [-0.1, -0.05) is 18.2 Å². The number of benzene rings is 2. The summed E-state index contributed by atoms with van der Waals surface area (Å²) < 4.78 is 47.1. The van der Waals surface area contributed by atoms with Crippen LogP contribution >= 0.6 is 24.8 Å². The molecule has 1 saturated heterocycles. The van der Waals surface area contributed by atoms with Gasteiger partial charge in [0.2, 0.25) is 10.0 Å². The Balaban J connectivity index is 0.00000216.